The van der Waals surface area contributed by atoms with Gasteiger partial charge in [-0.1, -0.05) is 6.92 Å². The third-order valence-electron chi connectivity index (χ3n) is 2.08. The summed E-state index contributed by atoms with van der Waals surface area (Å²) >= 11 is 0. The van der Waals surface area contributed by atoms with E-state index in [4.69, 9.17) is 5.73 Å². The molecule has 0 saturated heterocycles. The summed E-state index contributed by atoms with van der Waals surface area (Å²) in [6.45, 7) is 4.86. The minimum absolute atomic E-state index is 0.426. The fourth-order valence-electron chi connectivity index (χ4n) is 1.22. The zero-order valence-electron chi connectivity index (χ0n) is 9.49. The molecule has 0 aliphatic rings. The van der Waals surface area contributed by atoms with Gasteiger partial charge < -0.3 is 16.4 Å². The van der Waals surface area contributed by atoms with Crippen molar-refractivity contribution in [2.75, 3.05) is 25.0 Å². The van der Waals surface area contributed by atoms with Crippen molar-refractivity contribution in [1.29, 1.82) is 0 Å². The Morgan fingerprint density at radius 1 is 1.38 bits per heavy atom. The van der Waals surface area contributed by atoms with Gasteiger partial charge >= 0.3 is 0 Å². The van der Waals surface area contributed by atoms with Crippen molar-refractivity contribution in [2.45, 2.75) is 13.3 Å². The summed E-state index contributed by atoms with van der Waals surface area (Å²) < 4.78 is 0. The molecule has 0 spiro atoms. The molecule has 0 aliphatic heterocycles. The molecule has 0 unspecified atom stereocenters. The number of nitrogens with zero attached hydrogens (tertiary/aromatic N) is 1. The van der Waals surface area contributed by atoms with Gasteiger partial charge in [0, 0.05) is 19.3 Å². The van der Waals surface area contributed by atoms with Crippen LogP contribution in [0, 0.1) is 0 Å². The largest absolute Gasteiger partial charge is 0.369 e. The van der Waals surface area contributed by atoms with Crippen molar-refractivity contribution in [3.63, 3.8) is 0 Å². The van der Waals surface area contributed by atoms with Crippen LogP contribution in [0.1, 0.15) is 23.7 Å². The number of primary amides is 1. The molecule has 0 atom stereocenters. The molecule has 16 heavy (non-hydrogen) atoms. The van der Waals surface area contributed by atoms with Gasteiger partial charge in [-0.2, -0.15) is 0 Å². The number of aromatic nitrogens is 1. The van der Waals surface area contributed by atoms with Gasteiger partial charge in [-0.25, -0.2) is 4.98 Å². The lowest BCUT2D eigenvalue weighted by Crippen LogP contribution is -2.23. The van der Waals surface area contributed by atoms with Crippen LogP contribution in [-0.2, 0) is 0 Å². The Bertz CT molecular complexity index is 323. The van der Waals surface area contributed by atoms with Gasteiger partial charge in [0.2, 0.25) is 5.91 Å². The van der Waals surface area contributed by atoms with E-state index in [1.54, 1.807) is 12.1 Å². The molecule has 0 aromatic carbocycles. The third kappa shape index (κ3) is 4.27. The van der Waals surface area contributed by atoms with Crippen LogP contribution >= 0.6 is 0 Å². The second kappa shape index (κ2) is 6.79. The molecule has 1 aromatic rings. The lowest BCUT2D eigenvalue weighted by atomic mass is 10.3. The van der Waals surface area contributed by atoms with Crippen molar-refractivity contribution in [2.24, 2.45) is 5.73 Å². The molecule has 5 heteroatoms. The van der Waals surface area contributed by atoms with E-state index in [9.17, 15) is 4.79 Å². The predicted molar refractivity (Wildman–Crippen MR) is 64.4 cm³/mol. The van der Waals surface area contributed by atoms with E-state index in [0.29, 0.717) is 5.56 Å². The number of amides is 1. The summed E-state index contributed by atoms with van der Waals surface area (Å²) in [6.07, 6.45) is 2.61. The van der Waals surface area contributed by atoms with Gasteiger partial charge in [0.25, 0.3) is 0 Å². The van der Waals surface area contributed by atoms with E-state index in [1.807, 2.05) is 0 Å². The molecule has 0 bridgehead atoms. The molecular weight excluding hydrogens is 204 g/mol. The summed E-state index contributed by atoms with van der Waals surface area (Å²) in [4.78, 5) is 14.9. The first-order chi connectivity index (χ1) is 7.74. The van der Waals surface area contributed by atoms with E-state index in [2.05, 4.69) is 22.5 Å². The SMILES string of the molecule is CCCNCCNc1ccc(C(N)=O)cn1. The molecule has 0 aliphatic carbocycles. The van der Waals surface area contributed by atoms with Crippen LogP contribution in [-0.4, -0.2) is 30.5 Å². The monoisotopic (exact) mass is 222 g/mol. The number of carbonyl (C=O) groups excluding carboxylic acids is 1. The zero-order chi connectivity index (χ0) is 11.8. The van der Waals surface area contributed by atoms with E-state index >= 15 is 0 Å². The molecular formula is C11H18N4O. The average Bonchev–Trinajstić information content (AvgIpc) is 2.29. The first-order valence-corrected chi connectivity index (χ1v) is 5.44. The summed E-state index contributed by atoms with van der Waals surface area (Å²) in [6, 6.07) is 3.41. The van der Waals surface area contributed by atoms with Crippen LogP contribution in [0.5, 0.6) is 0 Å². The Morgan fingerprint density at radius 3 is 2.75 bits per heavy atom. The van der Waals surface area contributed by atoms with Crippen LogP contribution < -0.4 is 16.4 Å². The number of rotatable bonds is 7. The van der Waals surface area contributed by atoms with Crippen molar-refractivity contribution in [1.82, 2.24) is 10.3 Å². The summed E-state index contributed by atoms with van der Waals surface area (Å²) in [7, 11) is 0. The molecule has 1 aromatic heterocycles. The second-order valence-corrected chi connectivity index (χ2v) is 3.47. The van der Waals surface area contributed by atoms with Gasteiger partial charge in [0.15, 0.2) is 0 Å². The normalized spacial score (nSPS) is 10.1. The highest BCUT2D eigenvalue weighted by Gasteiger charge is 1.99. The number of carbonyl (C=O) groups is 1. The quantitative estimate of drug-likeness (QED) is 0.590. The number of hydrogen-bond acceptors (Lipinski definition) is 4. The lowest BCUT2D eigenvalue weighted by molar-refractivity contribution is 0.1000. The maximum absolute atomic E-state index is 10.8. The number of nitrogens with one attached hydrogen (secondary N) is 2. The Balaban J connectivity index is 2.29. The second-order valence-electron chi connectivity index (χ2n) is 3.47. The highest BCUT2D eigenvalue weighted by molar-refractivity contribution is 5.92. The van der Waals surface area contributed by atoms with E-state index in [0.717, 1.165) is 31.9 Å². The minimum atomic E-state index is -0.455. The maximum atomic E-state index is 10.8. The summed E-state index contributed by atoms with van der Waals surface area (Å²) in [5.74, 6) is 0.298. The smallest absolute Gasteiger partial charge is 0.250 e. The fraction of sp³-hybridized carbons (Fsp3) is 0.455. The highest BCUT2D eigenvalue weighted by Crippen LogP contribution is 2.03. The fourth-order valence-corrected chi connectivity index (χ4v) is 1.22. The number of pyridine rings is 1. The van der Waals surface area contributed by atoms with Gasteiger partial charge in [-0.15, -0.1) is 0 Å². The van der Waals surface area contributed by atoms with E-state index in [1.165, 1.54) is 6.20 Å². The average molecular weight is 222 g/mol. The molecule has 1 rings (SSSR count). The van der Waals surface area contributed by atoms with Crippen molar-refractivity contribution in [3.8, 4) is 0 Å². The molecule has 5 nitrogen and oxygen atoms in total. The van der Waals surface area contributed by atoms with Crippen LogP contribution in [0.25, 0.3) is 0 Å². The van der Waals surface area contributed by atoms with Gasteiger partial charge in [0.05, 0.1) is 5.56 Å². The molecule has 0 radical (unpaired) electrons. The maximum Gasteiger partial charge on any atom is 0.250 e. The Labute approximate surface area is 95.4 Å². The third-order valence-corrected chi connectivity index (χ3v) is 2.08. The number of hydrogen-bond donors (Lipinski definition) is 3. The topological polar surface area (TPSA) is 80.0 Å². The first-order valence-electron chi connectivity index (χ1n) is 5.44. The molecule has 1 amide bonds. The van der Waals surface area contributed by atoms with Gasteiger partial charge in [0.1, 0.15) is 5.82 Å². The molecule has 0 saturated carbocycles. The predicted octanol–water partition coefficient (Wildman–Crippen LogP) is 0.592. The molecule has 0 fully saturated rings. The first kappa shape index (κ1) is 12.4. The van der Waals surface area contributed by atoms with Crippen molar-refractivity contribution >= 4 is 11.7 Å². The number of anilines is 1. The molecule has 4 N–H and O–H groups in total. The highest BCUT2D eigenvalue weighted by atomic mass is 16.1. The van der Waals surface area contributed by atoms with E-state index in [-0.39, 0.29) is 0 Å². The standard InChI is InChI=1S/C11H18N4O/c1-2-5-13-6-7-14-10-4-3-9(8-15-10)11(12)16/h3-4,8,13H,2,5-7H2,1H3,(H2,12,16)(H,14,15). The Hall–Kier alpha value is -1.62. The lowest BCUT2D eigenvalue weighted by Gasteiger charge is -2.06. The van der Waals surface area contributed by atoms with Crippen LogP contribution in [0.2, 0.25) is 0 Å². The van der Waals surface area contributed by atoms with Crippen LogP contribution in [0.4, 0.5) is 5.82 Å². The van der Waals surface area contributed by atoms with Gasteiger partial charge in [-0.05, 0) is 25.1 Å². The van der Waals surface area contributed by atoms with Crippen molar-refractivity contribution < 1.29 is 4.79 Å². The minimum Gasteiger partial charge on any atom is -0.369 e. The Kier molecular flexibility index (Phi) is 5.28. The Morgan fingerprint density at radius 2 is 2.19 bits per heavy atom. The van der Waals surface area contributed by atoms with Crippen LogP contribution in [0.3, 0.4) is 0 Å². The molecule has 1 heterocycles. The van der Waals surface area contributed by atoms with Gasteiger partial charge in [-0.3, -0.25) is 4.79 Å². The van der Waals surface area contributed by atoms with E-state index < -0.39 is 5.91 Å². The summed E-state index contributed by atoms with van der Waals surface area (Å²) in [5, 5.41) is 6.41. The van der Waals surface area contributed by atoms with Crippen LogP contribution in [0.15, 0.2) is 18.3 Å². The molecule has 88 valence electrons. The zero-order valence-corrected chi connectivity index (χ0v) is 9.49. The summed E-state index contributed by atoms with van der Waals surface area (Å²) in [5.41, 5.74) is 5.54. The number of nitrogens with two attached hydrogens (primary N) is 1. The van der Waals surface area contributed by atoms with Crippen molar-refractivity contribution in [3.05, 3.63) is 23.9 Å².